The number of methoxy groups -OCH3 is 1. The molecule has 3 atom stereocenters. The van der Waals surface area contributed by atoms with Gasteiger partial charge in [0.2, 0.25) is 0 Å². The van der Waals surface area contributed by atoms with E-state index in [4.69, 9.17) is 4.74 Å². The van der Waals surface area contributed by atoms with E-state index in [1.165, 1.54) is 0 Å². The van der Waals surface area contributed by atoms with E-state index in [0.29, 0.717) is 0 Å². The number of hydrogen-bond acceptors (Lipinski definition) is 2. The summed E-state index contributed by atoms with van der Waals surface area (Å²) in [6.07, 6.45) is 6.45. The number of carbonyl (C=O) groups excluding carboxylic acids is 1. The third-order valence-corrected chi connectivity index (χ3v) is 2.07. The Morgan fingerprint density at radius 3 is 2.31 bits per heavy atom. The van der Waals surface area contributed by atoms with Gasteiger partial charge in [0.05, 0.1) is 6.10 Å². The average molecular weight is 182 g/mol. The number of rotatable bonds is 6. The van der Waals surface area contributed by atoms with Crippen LogP contribution in [0.4, 0.5) is 0 Å². The smallest absolute Gasteiger partial charge is 0.125 e. The van der Waals surface area contributed by atoms with Crippen molar-refractivity contribution in [3.63, 3.8) is 0 Å². The third-order valence-electron chi connectivity index (χ3n) is 2.07. The molecule has 3 unspecified atom stereocenters. The lowest BCUT2D eigenvalue weighted by atomic mass is 9.94. The van der Waals surface area contributed by atoms with E-state index in [9.17, 15) is 4.79 Å². The van der Waals surface area contributed by atoms with Crippen molar-refractivity contribution < 1.29 is 9.53 Å². The molecule has 0 aromatic heterocycles. The van der Waals surface area contributed by atoms with Crippen LogP contribution >= 0.6 is 0 Å². The van der Waals surface area contributed by atoms with Gasteiger partial charge in [-0.25, -0.2) is 0 Å². The van der Waals surface area contributed by atoms with Crippen LogP contribution in [-0.4, -0.2) is 19.5 Å². The second kappa shape index (κ2) is 6.61. The molecule has 0 aliphatic carbocycles. The van der Waals surface area contributed by atoms with Gasteiger partial charge in [-0.05, 0) is 0 Å². The van der Waals surface area contributed by atoms with Crippen molar-refractivity contribution in [3.8, 4) is 0 Å². The topological polar surface area (TPSA) is 26.3 Å². The second-order valence-corrected chi connectivity index (χ2v) is 3.18. The van der Waals surface area contributed by atoms with Crippen LogP contribution in [0.2, 0.25) is 0 Å². The first-order valence-electron chi connectivity index (χ1n) is 4.44. The molecule has 0 bridgehead atoms. The van der Waals surface area contributed by atoms with E-state index in [0.717, 1.165) is 6.29 Å². The van der Waals surface area contributed by atoms with Crippen LogP contribution in [0.5, 0.6) is 0 Å². The van der Waals surface area contributed by atoms with E-state index in [1.54, 1.807) is 13.2 Å². The summed E-state index contributed by atoms with van der Waals surface area (Å²) < 4.78 is 5.25. The molecule has 0 aliphatic heterocycles. The number of hydrogen-bond donors (Lipinski definition) is 0. The Labute approximate surface area is 80.3 Å². The standard InChI is InChI=1S/C11H18O2/c1-5-6-7-9(2)11(13-4)10(3)8-12/h5-11H,1H2,2-4H3/b7-6-. The summed E-state index contributed by atoms with van der Waals surface area (Å²) in [5.74, 6) is 0.151. The fourth-order valence-electron chi connectivity index (χ4n) is 1.35. The van der Waals surface area contributed by atoms with Gasteiger partial charge in [-0.2, -0.15) is 0 Å². The summed E-state index contributed by atoms with van der Waals surface area (Å²) in [6, 6.07) is 0. The Balaban J connectivity index is 4.29. The molecule has 0 N–H and O–H groups in total. The molecular formula is C11H18O2. The Bertz CT molecular complexity index is 185. The molecule has 0 fully saturated rings. The van der Waals surface area contributed by atoms with E-state index in [1.807, 2.05) is 26.0 Å². The highest BCUT2D eigenvalue weighted by molar-refractivity contribution is 5.54. The first-order chi connectivity index (χ1) is 6.17. The highest BCUT2D eigenvalue weighted by Crippen LogP contribution is 2.15. The largest absolute Gasteiger partial charge is 0.380 e. The van der Waals surface area contributed by atoms with Crippen molar-refractivity contribution in [1.82, 2.24) is 0 Å². The van der Waals surface area contributed by atoms with Crippen LogP contribution in [0.1, 0.15) is 13.8 Å². The van der Waals surface area contributed by atoms with Crippen molar-refractivity contribution in [1.29, 1.82) is 0 Å². The highest BCUT2D eigenvalue weighted by atomic mass is 16.5. The Hall–Kier alpha value is -0.890. The van der Waals surface area contributed by atoms with Gasteiger partial charge in [0.25, 0.3) is 0 Å². The molecule has 13 heavy (non-hydrogen) atoms. The van der Waals surface area contributed by atoms with Crippen LogP contribution < -0.4 is 0 Å². The van der Waals surface area contributed by atoms with Gasteiger partial charge in [-0.1, -0.05) is 38.7 Å². The number of aldehydes is 1. The Kier molecular flexibility index (Phi) is 6.15. The quantitative estimate of drug-likeness (QED) is 0.465. The molecule has 0 aromatic rings. The van der Waals surface area contributed by atoms with Crippen LogP contribution in [-0.2, 0) is 9.53 Å². The van der Waals surface area contributed by atoms with Crippen LogP contribution in [0, 0.1) is 11.8 Å². The summed E-state index contributed by atoms with van der Waals surface area (Å²) in [5.41, 5.74) is 0. The second-order valence-electron chi connectivity index (χ2n) is 3.18. The molecule has 0 rings (SSSR count). The predicted octanol–water partition coefficient (Wildman–Crippen LogP) is 2.21. The van der Waals surface area contributed by atoms with Gasteiger partial charge < -0.3 is 9.53 Å². The van der Waals surface area contributed by atoms with E-state index in [2.05, 4.69) is 6.58 Å². The minimum absolute atomic E-state index is 0.0475. The molecule has 0 radical (unpaired) electrons. The zero-order chi connectivity index (χ0) is 10.3. The molecule has 0 amide bonds. The summed E-state index contributed by atoms with van der Waals surface area (Å²) in [4.78, 5) is 10.6. The molecule has 0 aliphatic rings. The first kappa shape index (κ1) is 12.1. The zero-order valence-electron chi connectivity index (χ0n) is 8.57. The lowest BCUT2D eigenvalue weighted by molar-refractivity contribution is -0.115. The predicted molar refractivity (Wildman–Crippen MR) is 54.5 cm³/mol. The van der Waals surface area contributed by atoms with Gasteiger partial charge in [-0.15, -0.1) is 0 Å². The molecule has 2 heteroatoms. The number of carbonyl (C=O) groups is 1. The number of ether oxygens (including phenoxy) is 1. The zero-order valence-corrected chi connectivity index (χ0v) is 8.57. The Morgan fingerprint density at radius 2 is 1.92 bits per heavy atom. The summed E-state index contributed by atoms with van der Waals surface area (Å²) in [7, 11) is 1.63. The van der Waals surface area contributed by atoms with E-state index >= 15 is 0 Å². The first-order valence-corrected chi connectivity index (χ1v) is 4.44. The minimum Gasteiger partial charge on any atom is -0.380 e. The molecule has 0 aromatic carbocycles. The molecule has 0 saturated heterocycles. The van der Waals surface area contributed by atoms with Crippen molar-refractivity contribution in [2.75, 3.05) is 7.11 Å². The summed E-state index contributed by atoms with van der Waals surface area (Å²) in [5, 5.41) is 0. The van der Waals surface area contributed by atoms with Crippen LogP contribution in [0.3, 0.4) is 0 Å². The summed E-state index contributed by atoms with van der Waals surface area (Å²) in [6.45, 7) is 7.47. The highest BCUT2D eigenvalue weighted by Gasteiger charge is 2.20. The maximum Gasteiger partial charge on any atom is 0.125 e. The maximum atomic E-state index is 10.6. The van der Waals surface area contributed by atoms with Crippen LogP contribution in [0.25, 0.3) is 0 Å². The molecule has 2 nitrogen and oxygen atoms in total. The fourth-order valence-corrected chi connectivity index (χ4v) is 1.35. The number of allylic oxidation sites excluding steroid dienone is 2. The SMILES string of the molecule is C=C/C=C\C(C)C(OC)C(C)C=O. The summed E-state index contributed by atoms with van der Waals surface area (Å²) >= 11 is 0. The molecule has 0 spiro atoms. The van der Waals surface area contributed by atoms with Crippen molar-refractivity contribution in [3.05, 3.63) is 24.8 Å². The van der Waals surface area contributed by atoms with E-state index in [-0.39, 0.29) is 17.9 Å². The Morgan fingerprint density at radius 1 is 1.31 bits per heavy atom. The van der Waals surface area contributed by atoms with Crippen LogP contribution in [0.15, 0.2) is 24.8 Å². The van der Waals surface area contributed by atoms with Gasteiger partial charge in [0.1, 0.15) is 6.29 Å². The average Bonchev–Trinajstić information content (AvgIpc) is 2.15. The van der Waals surface area contributed by atoms with Gasteiger partial charge in [-0.3, -0.25) is 0 Å². The van der Waals surface area contributed by atoms with Crippen molar-refractivity contribution in [2.45, 2.75) is 20.0 Å². The monoisotopic (exact) mass is 182 g/mol. The fraction of sp³-hybridized carbons (Fsp3) is 0.545. The third kappa shape index (κ3) is 4.04. The van der Waals surface area contributed by atoms with Crippen molar-refractivity contribution >= 4 is 6.29 Å². The maximum absolute atomic E-state index is 10.6. The van der Waals surface area contributed by atoms with Gasteiger partial charge in [0, 0.05) is 18.9 Å². The van der Waals surface area contributed by atoms with Crippen molar-refractivity contribution in [2.24, 2.45) is 11.8 Å². The minimum atomic E-state index is -0.0746. The molecule has 0 heterocycles. The lowest BCUT2D eigenvalue weighted by Gasteiger charge is -2.22. The molecule has 0 saturated carbocycles. The van der Waals surface area contributed by atoms with Gasteiger partial charge in [0.15, 0.2) is 0 Å². The van der Waals surface area contributed by atoms with Gasteiger partial charge >= 0.3 is 0 Å². The normalized spacial score (nSPS) is 18.1. The van der Waals surface area contributed by atoms with E-state index < -0.39 is 0 Å². The molecule has 74 valence electrons. The lowest BCUT2D eigenvalue weighted by Crippen LogP contribution is -2.27. The molecular weight excluding hydrogens is 164 g/mol.